The number of hydrogen-bond donors (Lipinski definition) is 2. The largest absolute Gasteiger partial charge is 0.472 e. The van der Waals surface area contributed by atoms with E-state index in [0.29, 0.717) is 17.4 Å². The zero-order valence-electron chi connectivity index (χ0n) is 44.8. The molecule has 0 fully saturated rings. The minimum Gasteiger partial charge on any atom is -0.456 e. The van der Waals surface area contributed by atoms with Crippen molar-refractivity contribution in [3.63, 3.8) is 0 Å². The molecule has 10 heteroatoms. The number of esters is 1. The molecule has 0 aliphatic carbocycles. The highest BCUT2D eigenvalue weighted by Gasteiger charge is 2.30. The summed E-state index contributed by atoms with van der Waals surface area (Å²) in [5.74, 6) is -0.601. The molecule has 2 N–H and O–H groups in total. The first-order valence-corrected chi connectivity index (χ1v) is 29.3. The van der Waals surface area contributed by atoms with Gasteiger partial charge >= 0.3 is 13.8 Å². The third kappa shape index (κ3) is 48.5. The van der Waals surface area contributed by atoms with E-state index < -0.39 is 20.0 Å². The van der Waals surface area contributed by atoms with Crippen molar-refractivity contribution in [2.75, 3.05) is 40.9 Å². The lowest BCUT2D eigenvalue weighted by Gasteiger charge is -2.27. The van der Waals surface area contributed by atoms with Gasteiger partial charge in [-0.15, -0.1) is 0 Å². The van der Waals surface area contributed by atoms with Crippen molar-refractivity contribution < 1.29 is 37.3 Å². The molecule has 0 rings (SSSR count). The number of likely N-dealkylation sites (N-methyl/N-ethyl adjacent to an activating group) is 1. The Bertz CT molecular complexity index is 1400. The molecule has 0 heterocycles. The van der Waals surface area contributed by atoms with Gasteiger partial charge in [0, 0.05) is 12.8 Å². The fourth-order valence-corrected chi connectivity index (χ4v) is 8.37. The summed E-state index contributed by atoms with van der Waals surface area (Å²) in [5.41, 5.74) is 0. The smallest absolute Gasteiger partial charge is 0.456 e. The van der Waals surface area contributed by atoms with Crippen molar-refractivity contribution in [3.05, 3.63) is 72.9 Å². The maximum atomic E-state index is 13.4. The molecule has 3 atom stereocenters. The number of carbonyl (C=O) groups is 2. The normalized spacial score (nSPS) is 14.4. The van der Waals surface area contributed by atoms with Crippen LogP contribution in [-0.4, -0.2) is 74.3 Å². The number of nitrogens with zero attached hydrogens (tertiary/aromatic N) is 1. The monoisotopic (exact) mass is 974 g/mol. The predicted octanol–water partition coefficient (Wildman–Crippen LogP) is 16.5. The molecule has 0 aromatic heterocycles. The number of quaternary nitrogens is 1. The van der Waals surface area contributed by atoms with Crippen molar-refractivity contribution in [1.29, 1.82) is 0 Å². The summed E-state index contributed by atoms with van der Waals surface area (Å²) in [7, 11) is 1.45. The zero-order valence-corrected chi connectivity index (χ0v) is 45.7. The summed E-state index contributed by atoms with van der Waals surface area (Å²) in [6.07, 6.45) is 60.6. The molecule has 9 nitrogen and oxygen atoms in total. The molecule has 1 amide bonds. The van der Waals surface area contributed by atoms with Crippen LogP contribution in [0.5, 0.6) is 0 Å². The van der Waals surface area contributed by atoms with Crippen molar-refractivity contribution in [2.45, 2.75) is 245 Å². The maximum absolute atomic E-state index is 13.4. The van der Waals surface area contributed by atoms with Gasteiger partial charge in [0.2, 0.25) is 5.91 Å². The summed E-state index contributed by atoms with van der Waals surface area (Å²) < 4.78 is 30.5. The van der Waals surface area contributed by atoms with E-state index in [2.05, 4.69) is 74.7 Å². The van der Waals surface area contributed by atoms with Gasteiger partial charge in [0.05, 0.1) is 33.8 Å². The van der Waals surface area contributed by atoms with E-state index in [1.165, 1.54) is 122 Å². The van der Waals surface area contributed by atoms with Crippen molar-refractivity contribution in [3.8, 4) is 0 Å². The molecular formula is C58H106N2O7P+. The molecule has 68 heavy (non-hydrogen) atoms. The highest BCUT2D eigenvalue weighted by Crippen LogP contribution is 2.43. The summed E-state index contributed by atoms with van der Waals surface area (Å²) in [6, 6.07) is -0.886. The van der Waals surface area contributed by atoms with Crippen LogP contribution in [0.15, 0.2) is 72.9 Å². The van der Waals surface area contributed by atoms with Crippen LogP contribution >= 0.6 is 7.82 Å². The molecule has 0 aromatic carbocycles. The third-order valence-electron chi connectivity index (χ3n) is 11.9. The van der Waals surface area contributed by atoms with Crippen molar-refractivity contribution in [1.82, 2.24) is 5.32 Å². The van der Waals surface area contributed by atoms with Crippen LogP contribution in [0.3, 0.4) is 0 Å². The first kappa shape index (κ1) is 65.5. The number of amides is 1. The summed E-state index contributed by atoms with van der Waals surface area (Å²) in [6.45, 7) is 6.83. The SMILES string of the molecule is CC/C=C/C/C=C/C/C=C/C/C=C/C/C=C/CCC(=O)NC(COP(=O)(O)OCC[N+](C)(C)C)C(/C=C/CCCCCCCCCCC)OC(=O)CCCCCCCCCCCCCCCCC. The molecule has 0 radical (unpaired) electrons. The minimum absolute atomic E-state index is 0.0257. The van der Waals surface area contributed by atoms with Crippen LogP contribution < -0.4 is 5.32 Å². The van der Waals surface area contributed by atoms with E-state index in [1.54, 1.807) is 0 Å². The van der Waals surface area contributed by atoms with Crippen LogP contribution in [0.2, 0.25) is 0 Å². The fourth-order valence-electron chi connectivity index (χ4n) is 7.63. The fraction of sp³-hybridized carbons (Fsp3) is 0.759. The molecule has 0 saturated carbocycles. The van der Waals surface area contributed by atoms with E-state index in [1.807, 2.05) is 45.4 Å². The van der Waals surface area contributed by atoms with Crippen LogP contribution in [0.1, 0.15) is 233 Å². The number of rotatable bonds is 49. The molecule has 394 valence electrons. The van der Waals surface area contributed by atoms with Gasteiger partial charge in [-0.25, -0.2) is 4.57 Å². The second kappa shape index (κ2) is 48.1. The number of hydrogen-bond acceptors (Lipinski definition) is 6. The number of ether oxygens (including phenoxy) is 1. The molecule has 3 unspecified atom stereocenters. The number of phosphoric ester groups is 1. The Morgan fingerprint density at radius 2 is 0.956 bits per heavy atom. The van der Waals surface area contributed by atoms with E-state index >= 15 is 0 Å². The van der Waals surface area contributed by atoms with Crippen LogP contribution in [0.25, 0.3) is 0 Å². The third-order valence-corrected chi connectivity index (χ3v) is 12.9. The molecular weight excluding hydrogens is 868 g/mol. The topological polar surface area (TPSA) is 111 Å². The van der Waals surface area contributed by atoms with Gasteiger partial charge in [-0.05, 0) is 63.9 Å². The van der Waals surface area contributed by atoms with Crippen molar-refractivity contribution >= 4 is 19.7 Å². The van der Waals surface area contributed by atoms with Gasteiger partial charge in [0.1, 0.15) is 19.3 Å². The highest BCUT2D eigenvalue weighted by atomic mass is 31.2. The number of carbonyl (C=O) groups excluding carboxylic acids is 2. The summed E-state index contributed by atoms with van der Waals surface area (Å²) >= 11 is 0. The van der Waals surface area contributed by atoms with Gasteiger partial charge in [0.25, 0.3) is 0 Å². The van der Waals surface area contributed by atoms with Crippen LogP contribution in [0, 0.1) is 0 Å². The lowest BCUT2D eigenvalue weighted by Crippen LogP contribution is -2.47. The van der Waals surface area contributed by atoms with E-state index in [4.69, 9.17) is 13.8 Å². The van der Waals surface area contributed by atoms with E-state index in [-0.39, 0.29) is 37.9 Å². The summed E-state index contributed by atoms with van der Waals surface area (Å²) in [4.78, 5) is 37.5. The number of nitrogens with one attached hydrogen (secondary N) is 1. The summed E-state index contributed by atoms with van der Waals surface area (Å²) in [5, 5.41) is 2.99. The second-order valence-corrected chi connectivity index (χ2v) is 21.2. The molecule has 0 bridgehead atoms. The van der Waals surface area contributed by atoms with E-state index in [0.717, 1.165) is 70.6 Å². The molecule has 0 aliphatic rings. The Labute approximate surface area is 419 Å². The molecule has 0 aliphatic heterocycles. The predicted molar refractivity (Wildman–Crippen MR) is 291 cm³/mol. The lowest BCUT2D eigenvalue weighted by molar-refractivity contribution is -0.870. The zero-order chi connectivity index (χ0) is 50.1. The van der Waals surface area contributed by atoms with Crippen LogP contribution in [-0.2, 0) is 27.9 Å². The number of phosphoric acid groups is 1. The number of allylic oxidation sites excluding steroid dienone is 11. The van der Waals surface area contributed by atoms with Gasteiger partial charge in [0.15, 0.2) is 0 Å². The Hall–Kier alpha value is -2.55. The average Bonchev–Trinajstić information content (AvgIpc) is 3.29. The highest BCUT2D eigenvalue weighted by molar-refractivity contribution is 7.47. The Morgan fingerprint density at radius 3 is 1.41 bits per heavy atom. The average molecular weight is 974 g/mol. The first-order valence-electron chi connectivity index (χ1n) is 27.8. The van der Waals surface area contributed by atoms with Gasteiger partial charge in [-0.3, -0.25) is 18.6 Å². The molecule has 0 aromatic rings. The lowest BCUT2D eigenvalue weighted by atomic mass is 10.0. The standard InChI is InChI=1S/C58H105N2O7P/c1-7-10-13-16-19-22-25-27-29-31-32-35-38-41-44-47-50-57(61)59-55(54-66-68(63,64)65-53-52-60(4,5)6)56(49-46-43-40-37-34-24-21-18-15-12-9-3)67-58(62)51-48-45-42-39-36-33-30-28-26-23-20-17-14-11-8-2/h10,13,19,22,27,29,32,35,41,44,46,49,55-56H,7-9,11-12,14-18,20-21,23-26,28,30-31,33-34,36-40,42-43,45,47-48,50-54H2,1-6H3,(H-,59,61,63,64)/p+1/b13-10+,22-19+,29-27+,35-32+,44-41+,49-46+. The second-order valence-electron chi connectivity index (χ2n) is 19.7. The molecule has 0 saturated heterocycles. The first-order chi connectivity index (χ1) is 32.9. The maximum Gasteiger partial charge on any atom is 0.472 e. The van der Waals surface area contributed by atoms with Gasteiger partial charge in [-0.1, -0.05) is 229 Å². The van der Waals surface area contributed by atoms with E-state index in [9.17, 15) is 19.0 Å². The quantitative estimate of drug-likeness (QED) is 0.0205. The minimum atomic E-state index is -4.46. The van der Waals surface area contributed by atoms with Crippen molar-refractivity contribution in [2.24, 2.45) is 0 Å². The van der Waals surface area contributed by atoms with Crippen LogP contribution in [0.4, 0.5) is 0 Å². The Balaban J connectivity index is 5.46. The Morgan fingerprint density at radius 1 is 0.529 bits per heavy atom. The van der Waals surface area contributed by atoms with Gasteiger partial charge < -0.3 is 19.4 Å². The molecule has 0 spiro atoms. The number of unbranched alkanes of at least 4 members (excludes halogenated alkanes) is 23. The Kier molecular flexibility index (Phi) is 46.3. The van der Waals surface area contributed by atoms with Gasteiger partial charge in [-0.2, -0.15) is 0 Å².